The van der Waals surface area contributed by atoms with Gasteiger partial charge in [-0.2, -0.15) is 0 Å². The number of aromatic carboxylic acids is 1. The molecular weight excluding hydrogens is 165 g/mol. The lowest BCUT2D eigenvalue weighted by atomic mass is 9.71. The zero-order valence-corrected chi connectivity index (χ0v) is 6.61. The Kier molecular flexibility index (Phi) is 2.41. The van der Waals surface area contributed by atoms with Crippen LogP contribution in [0, 0.1) is 0 Å². The van der Waals surface area contributed by atoms with Gasteiger partial charge in [0.05, 0.1) is 5.56 Å². The van der Waals surface area contributed by atoms with Crippen LogP contribution in [0.15, 0.2) is 6.07 Å². The van der Waals surface area contributed by atoms with Crippen LogP contribution in [0.3, 0.4) is 0 Å². The van der Waals surface area contributed by atoms with Gasteiger partial charge < -0.3 is 10.2 Å². The summed E-state index contributed by atoms with van der Waals surface area (Å²) in [5.74, 6) is -1.87. The molecular formula is C7H3B3O3. The number of carbonyl (C=O) groups is 1. The Morgan fingerprint density at radius 3 is 2.23 bits per heavy atom. The lowest BCUT2D eigenvalue weighted by molar-refractivity contribution is 0.0694. The number of carboxylic acids is 1. The topological polar surface area (TPSA) is 57.5 Å². The second-order valence-electron chi connectivity index (χ2n) is 2.49. The number of carboxylic acid groups (broad SMARTS) is 1. The van der Waals surface area contributed by atoms with Crippen LogP contribution in [0.1, 0.15) is 10.4 Å². The molecule has 0 atom stereocenters. The van der Waals surface area contributed by atoms with Crippen LogP contribution in [0.2, 0.25) is 0 Å². The lowest BCUT2D eigenvalue weighted by Gasteiger charge is -2.10. The fourth-order valence-corrected chi connectivity index (χ4v) is 0.893. The number of phenols is 1. The first-order valence-electron chi connectivity index (χ1n) is 3.34. The quantitative estimate of drug-likeness (QED) is 0.454. The van der Waals surface area contributed by atoms with Gasteiger partial charge in [-0.1, -0.05) is 11.5 Å². The molecule has 6 heteroatoms. The summed E-state index contributed by atoms with van der Waals surface area (Å²) in [4.78, 5) is 10.5. The largest absolute Gasteiger partial charge is 0.508 e. The van der Waals surface area contributed by atoms with Gasteiger partial charge in [-0.15, -0.1) is 10.9 Å². The van der Waals surface area contributed by atoms with Gasteiger partial charge in [0.25, 0.3) is 0 Å². The molecule has 0 bridgehead atoms. The van der Waals surface area contributed by atoms with Crippen molar-refractivity contribution in [3.05, 3.63) is 11.6 Å². The molecule has 0 spiro atoms. The number of hydrogen-bond acceptors (Lipinski definition) is 2. The van der Waals surface area contributed by atoms with Crippen LogP contribution in [0.5, 0.6) is 5.75 Å². The molecule has 13 heavy (non-hydrogen) atoms. The van der Waals surface area contributed by atoms with E-state index >= 15 is 0 Å². The average Bonchev–Trinajstić information content (AvgIpc) is 2.07. The minimum Gasteiger partial charge on any atom is -0.508 e. The molecule has 2 N–H and O–H groups in total. The van der Waals surface area contributed by atoms with Crippen LogP contribution in [0.4, 0.5) is 0 Å². The van der Waals surface area contributed by atoms with Crippen molar-refractivity contribution >= 4 is 45.9 Å². The first-order chi connectivity index (χ1) is 5.95. The molecule has 0 unspecified atom stereocenters. The molecule has 0 aliphatic rings. The molecule has 0 fully saturated rings. The summed E-state index contributed by atoms with van der Waals surface area (Å²) in [5.41, 5.74) is -0.545. The van der Waals surface area contributed by atoms with E-state index < -0.39 is 11.7 Å². The zero-order valence-electron chi connectivity index (χ0n) is 6.61. The van der Waals surface area contributed by atoms with E-state index in [1.165, 1.54) is 0 Å². The second kappa shape index (κ2) is 3.20. The van der Waals surface area contributed by atoms with Gasteiger partial charge in [-0.25, -0.2) is 4.79 Å². The Morgan fingerprint density at radius 2 is 1.77 bits per heavy atom. The van der Waals surface area contributed by atoms with E-state index in [2.05, 4.69) is 0 Å². The van der Waals surface area contributed by atoms with Gasteiger partial charge in [-0.3, -0.25) is 0 Å². The van der Waals surface area contributed by atoms with E-state index in [-0.39, 0.29) is 22.0 Å². The normalized spacial score (nSPS) is 9.85. The maximum absolute atomic E-state index is 10.5. The Labute approximate surface area is 79.0 Å². The highest BCUT2D eigenvalue weighted by atomic mass is 16.4. The Morgan fingerprint density at radius 1 is 1.23 bits per heavy atom. The van der Waals surface area contributed by atoms with Crippen molar-refractivity contribution in [1.29, 1.82) is 0 Å². The van der Waals surface area contributed by atoms with Crippen LogP contribution >= 0.6 is 0 Å². The fraction of sp³-hybridized carbons (Fsp3) is 0. The van der Waals surface area contributed by atoms with E-state index in [1.54, 1.807) is 0 Å². The van der Waals surface area contributed by atoms with Crippen molar-refractivity contribution in [2.24, 2.45) is 0 Å². The highest BCUT2D eigenvalue weighted by Gasteiger charge is 2.13. The van der Waals surface area contributed by atoms with Crippen molar-refractivity contribution in [2.45, 2.75) is 0 Å². The fourth-order valence-electron chi connectivity index (χ4n) is 0.893. The summed E-state index contributed by atoms with van der Waals surface area (Å²) < 4.78 is 0. The molecule has 0 amide bonds. The molecule has 0 saturated heterocycles. The van der Waals surface area contributed by atoms with Gasteiger partial charge in [0.2, 0.25) is 0 Å². The summed E-state index contributed by atoms with van der Waals surface area (Å²) >= 11 is 0. The molecule has 0 aliphatic heterocycles. The van der Waals surface area contributed by atoms with Crippen molar-refractivity contribution in [1.82, 2.24) is 0 Å². The molecule has 1 aromatic carbocycles. The molecule has 0 aliphatic carbocycles. The summed E-state index contributed by atoms with van der Waals surface area (Å²) in [6.45, 7) is 0. The van der Waals surface area contributed by atoms with Crippen molar-refractivity contribution in [2.75, 3.05) is 0 Å². The maximum atomic E-state index is 10.5. The van der Waals surface area contributed by atoms with Crippen molar-refractivity contribution < 1.29 is 15.0 Å². The summed E-state index contributed by atoms with van der Waals surface area (Å²) in [7, 11) is 16.0. The van der Waals surface area contributed by atoms with Crippen LogP contribution in [-0.4, -0.2) is 39.7 Å². The number of rotatable bonds is 1. The van der Waals surface area contributed by atoms with Crippen LogP contribution < -0.4 is 16.4 Å². The zero-order chi connectivity index (χ0) is 10.2. The molecule has 6 radical (unpaired) electrons. The average molecular weight is 168 g/mol. The highest BCUT2D eigenvalue weighted by molar-refractivity contribution is 6.58. The van der Waals surface area contributed by atoms with E-state index in [0.717, 1.165) is 6.07 Å². The Bertz CT molecular complexity index is 376. The van der Waals surface area contributed by atoms with Crippen molar-refractivity contribution in [3.63, 3.8) is 0 Å². The number of hydrogen-bond donors (Lipinski definition) is 2. The van der Waals surface area contributed by atoms with E-state index in [9.17, 15) is 9.90 Å². The van der Waals surface area contributed by atoms with E-state index in [0.29, 0.717) is 0 Å². The Balaban J connectivity index is 3.50. The van der Waals surface area contributed by atoms with E-state index in [4.69, 9.17) is 28.6 Å². The van der Waals surface area contributed by atoms with Crippen LogP contribution in [-0.2, 0) is 0 Å². The third-order valence-electron chi connectivity index (χ3n) is 1.64. The van der Waals surface area contributed by atoms with E-state index in [1.807, 2.05) is 0 Å². The predicted octanol–water partition coefficient (Wildman–Crippen LogP) is -2.53. The first kappa shape index (κ1) is 9.77. The predicted molar refractivity (Wildman–Crippen MR) is 51.2 cm³/mol. The molecule has 58 valence electrons. The van der Waals surface area contributed by atoms with Crippen molar-refractivity contribution in [3.8, 4) is 5.75 Å². The third-order valence-corrected chi connectivity index (χ3v) is 1.64. The standard InChI is InChI=1S/C7H3B3O3/c8-3-1-2(7(12)13)6(11)5(10)4(3)9/h1,11H,(H,12,13). The molecule has 1 aromatic rings. The lowest BCUT2D eigenvalue weighted by Crippen LogP contribution is -2.40. The maximum Gasteiger partial charge on any atom is 0.339 e. The minimum absolute atomic E-state index is 0.0116. The smallest absolute Gasteiger partial charge is 0.339 e. The summed E-state index contributed by atoms with van der Waals surface area (Å²) in [6, 6.07) is 1.06. The molecule has 0 heterocycles. The first-order valence-corrected chi connectivity index (χ1v) is 3.34. The highest BCUT2D eigenvalue weighted by Crippen LogP contribution is 2.09. The molecule has 3 nitrogen and oxygen atoms in total. The molecule has 0 aromatic heterocycles. The second-order valence-corrected chi connectivity index (χ2v) is 2.49. The van der Waals surface area contributed by atoms with Crippen LogP contribution in [0.25, 0.3) is 0 Å². The minimum atomic E-state index is -1.31. The summed E-state index contributed by atoms with van der Waals surface area (Å²) in [5, 5.41) is 17.8. The van der Waals surface area contributed by atoms with Gasteiger partial charge in [0, 0.05) is 0 Å². The van der Waals surface area contributed by atoms with Gasteiger partial charge in [-0.05, 0) is 0 Å². The molecule has 1 rings (SSSR count). The van der Waals surface area contributed by atoms with Gasteiger partial charge >= 0.3 is 5.97 Å². The monoisotopic (exact) mass is 168 g/mol. The van der Waals surface area contributed by atoms with Gasteiger partial charge in [0.15, 0.2) is 0 Å². The van der Waals surface area contributed by atoms with Gasteiger partial charge in [0.1, 0.15) is 29.3 Å². The third kappa shape index (κ3) is 1.57. The Hall–Kier alpha value is -1.32. The number of aromatic hydroxyl groups is 1. The summed E-state index contributed by atoms with van der Waals surface area (Å²) in [6.07, 6.45) is 0. The SMILES string of the molecule is [B]c1cc(C(=O)O)c(O)c([B])c1[B]. The number of benzene rings is 1. The molecule has 0 saturated carbocycles.